The summed E-state index contributed by atoms with van der Waals surface area (Å²) in [5, 5.41) is 14.0. The maximum absolute atomic E-state index is 12.6. The van der Waals surface area contributed by atoms with Gasteiger partial charge in [-0.1, -0.05) is 54.6 Å². The SMILES string of the molecule is Cc1oc(-c2ccccc2)nc1CCOc1ccc(CCC(=O)O)c(CNC(=O)Oc2ccc3ccccc3c2)c1. The van der Waals surface area contributed by atoms with E-state index in [-0.39, 0.29) is 13.0 Å². The molecule has 1 aromatic heterocycles. The Labute approximate surface area is 237 Å². The highest BCUT2D eigenvalue weighted by Crippen LogP contribution is 2.24. The van der Waals surface area contributed by atoms with E-state index < -0.39 is 12.1 Å². The van der Waals surface area contributed by atoms with Crippen molar-refractivity contribution in [1.29, 1.82) is 0 Å². The Hall–Kier alpha value is -5.11. The number of nitrogens with one attached hydrogen (secondary N) is 1. The molecule has 8 heteroatoms. The molecule has 4 aromatic carbocycles. The smallest absolute Gasteiger partial charge is 0.412 e. The lowest BCUT2D eigenvalue weighted by molar-refractivity contribution is -0.136. The second-order valence-corrected chi connectivity index (χ2v) is 9.56. The normalized spacial score (nSPS) is 10.9. The van der Waals surface area contributed by atoms with Gasteiger partial charge in [0.1, 0.15) is 17.3 Å². The van der Waals surface area contributed by atoms with Crippen molar-refractivity contribution in [3.8, 4) is 23.0 Å². The summed E-state index contributed by atoms with van der Waals surface area (Å²) in [6.45, 7) is 2.40. The molecule has 0 radical (unpaired) electrons. The third kappa shape index (κ3) is 7.30. The topological polar surface area (TPSA) is 111 Å². The van der Waals surface area contributed by atoms with Crippen molar-refractivity contribution in [2.24, 2.45) is 0 Å². The molecule has 5 rings (SSSR count). The Morgan fingerprint density at radius 1 is 0.854 bits per heavy atom. The Morgan fingerprint density at radius 3 is 2.41 bits per heavy atom. The second-order valence-electron chi connectivity index (χ2n) is 9.56. The van der Waals surface area contributed by atoms with Crippen molar-refractivity contribution in [2.75, 3.05) is 6.61 Å². The molecule has 2 N–H and O–H groups in total. The van der Waals surface area contributed by atoms with E-state index in [1.807, 2.05) is 79.7 Å². The number of carbonyl (C=O) groups is 2. The maximum Gasteiger partial charge on any atom is 0.412 e. The number of ether oxygens (including phenoxy) is 2. The third-order valence-electron chi connectivity index (χ3n) is 6.66. The Bertz CT molecular complexity index is 1660. The van der Waals surface area contributed by atoms with Gasteiger partial charge in [0.05, 0.1) is 12.3 Å². The fraction of sp³-hybridized carbons (Fsp3) is 0.182. The number of hydrogen-bond donors (Lipinski definition) is 2. The van der Waals surface area contributed by atoms with Crippen LogP contribution < -0.4 is 14.8 Å². The zero-order valence-electron chi connectivity index (χ0n) is 22.6. The molecule has 0 saturated carbocycles. The predicted octanol–water partition coefficient (Wildman–Crippen LogP) is 6.73. The summed E-state index contributed by atoms with van der Waals surface area (Å²) in [6.07, 6.45) is 0.247. The number of aryl methyl sites for hydroxylation is 2. The van der Waals surface area contributed by atoms with Crippen molar-refractivity contribution < 1.29 is 28.6 Å². The summed E-state index contributed by atoms with van der Waals surface area (Å²) in [5.74, 6) is 1.46. The number of rotatable bonds is 11. The van der Waals surface area contributed by atoms with Crippen molar-refractivity contribution in [3.63, 3.8) is 0 Å². The molecular weight excluding hydrogens is 520 g/mol. The molecule has 0 aliphatic heterocycles. The van der Waals surface area contributed by atoms with Crippen LogP contribution in [0, 0.1) is 6.92 Å². The Balaban J connectivity index is 1.22. The van der Waals surface area contributed by atoms with E-state index in [4.69, 9.17) is 13.9 Å². The molecule has 0 fully saturated rings. The lowest BCUT2D eigenvalue weighted by atomic mass is 10.0. The van der Waals surface area contributed by atoms with Crippen LogP contribution in [0.25, 0.3) is 22.2 Å². The molecule has 0 aliphatic rings. The van der Waals surface area contributed by atoms with Crippen LogP contribution in [0.4, 0.5) is 4.79 Å². The highest BCUT2D eigenvalue weighted by atomic mass is 16.6. The van der Waals surface area contributed by atoms with Crippen molar-refractivity contribution >= 4 is 22.8 Å². The van der Waals surface area contributed by atoms with E-state index in [1.165, 1.54) is 0 Å². The highest BCUT2D eigenvalue weighted by molar-refractivity contribution is 5.84. The fourth-order valence-corrected chi connectivity index (χ4v) is 4.51. The average molecular weight is 551 g/mol. The Morgan fingerprint density at radius 2 is 1.61 bits per heavy atom. The number of fused-ring (bicyclic) bond motifs is 1. The molecule has 208 valence electrons. The first-order chi connectivity index (χ1) is 19.9. The van der Waals surface area contributed by atoms with Crippen molar-refractivity contribution in [1.82, 2.24) is 10.3 Å². The highest BCUT2D eigenvalue weighted by Gasteiger charge is 2.13. The minimum Gasteiger partial charge on any atom is -0.493 e. The van der Waals surface area contributed by atoms with Gasteiger partial charge >= 0.3 is 12.1 Å². The molecule has 5 aromatic rings. The summed E-state index contributed by atoms with van der Waals surface area (Å²) in [5.41, 5.74) is 3.30. The number of carboxylic acid groups (broad SMARTS) is 1. The number of oxazole rings is 1. The number of aromatic nitrogens is 1. The van der Waals surface area contributed by atoms with Crippen LogP contribution in [0.2, 0.25) is 0 Å². The molecule has 0 aliphatic carbocycles. The number of benzene rings is 4. The molecule has 0 unspecified atom stereocenters. The predicted molar refractivity (Wildman–Crippen MR) is 155 cm³/mol. The van der Waals surface area contributed by atoms with Crippen LogP contribution >= 0.6 is 0 Å². The standard InChI is InChI=1S/C33H30N2O6/c1-22-30(35-32(40-22)25-8-3-2-4-9-25)17-18-39-28-14-11-24(13-16-31(36)37)27(20-28)21-34-33(38)41-29-15-12-23-7-5-6-10-26(23)19-29/h2-12,14-15,19-20H,13,16-18,21H2,1H3,(H,34,38)(H,36,37). The molecule has 1 heterocycles. The number of carbonyl (C=O) groups excluding carboxylic acids is 1. The van der Waals surface area contributed by atoms with E-state index in [9.17, 15) is 14.7 Å². The first-order valence-corrected chi connectivity index (χ1v) is 13.4. The number of nitrogens with zero attached hydrogens (tertiary/aromatic N) is 1. The fourth-order valence-electron chi connectivity index (χ4n) is 4.51. The van der Waals surface area contributed by atoms with Gasteiger partial charge in [0.15, 0.2) is 0 Å². The van der Waals surface area contributed by atoms with Gasteiger partial charge in [-0.25, -0.2) is 9.78 Å². The maximum atomic E-state index is 12.6. The third-order valence-corrected chi connectivity index (χ3v) is 6.66. The minimum atomic E-state index is -0.891. The van der Waals surface area contributed by atoms with Gasteiger partial charge in [-0.2, -0.15) is 0 Å². The van der Waals surface area contributed by atoms with Gasteiger partial charge in [-0.15, -0.1) is 0 Å². The molecule has 1 amide bonds. The van der Waals surface area contributed by atoms with Crippen molar-refractivity contribution in [3.05, 3.63) is 114 Å². The van der Waals surface area contributed by atoms with Crippen LogP contribution in [0.1, 0.15) is 29.0 Å². The van der Waals surface area contributed by atoms with E-state index in [2.05, 4.69) is 10.3 Å². The number of amides is 1. The van der Waals surface area contributed by atoms with Crippen LogP contribution in [0.15, 0.2) is 95.4 Å². The van der Waals surface area contributed by atoms with Gasteiger partial charge in [-0.3, -0.25) is 4.79 Å². The first-order valence-electron chi connectivity index (χ1n) is 13.4. The zero-order valence-corrected chi connectivity index (χ0v) is 22.6. The minimum absolute atomic E-state index is 0.0239. The van der Waals surface area contributed by atoms with Crippen LogP contribution in [0.3, 0.4) is 0 Å². The van der Waals surface area contributed by atoms with Crippen LogP contribution in [-0.2, 0) is 24.2 Å². The number of aliphatic carboxylic acids is 1. The Kier molecular flexibility index (Phi) is 8.59. The molecule has 0 bridgehead atoms. The monoisotopic (exact) mass is 550 g/mol. The molecule has 8 nitrogen and oxygen atoms in total. The lowest BCUT2D eigenvalue weighted by Gasteiger charge is -2.13. The molecule has 41 heavy (non-hydrogen) atoms. The first kappa shape index (κ1) is 27.5. The van der Waals surface area contributed by atoms with E-state index in [0.717, 1.165) is 38.9 Å². The summed E-state index contributed by atoms with van der Waals surface area (Å²) in [7, 11) is 0. The summed E-state index contributed by atoms with van der Waals surface area (Å²) >= 11 is 0. The number of hydrogen-bond acceptors (Lipinski definition) is 6. The summed E-state index contributed by atoms with van der Waals surface area (Å²) in [4.78, 5) is 28.4. The van der Waals surface area contributed by atoms with Crippen LogP contribution in [0.5, 0.6) is 11.5 Å². The van der Waals surface area contributed by atoms with Gasteiger partial charge in [0.25, 0.3) is 0 Å². The van der Waals surface area contributed by atoms with E-state index >= 15 is 0 Å². The van der Waals surface area contributed by atoms with E-state index in [0.29, 0.717) is 36.8 Å². The largest absolute Gasteiger partial charge is 0.493 e. The number of carboxylic acids is 1. The second kappa shape index (κ2) is 12.8. The van der Waals surface area contributed by atoms with Crippen molar-refractivity contribution in [2.45, 2.75) is 32.7 Å². The van der Waals surface area contributed by atoms with E-state index in [1.54, 1.807) is 18.2 Å². The van der Waals surface area contributed by atoms with Gasteiger partial charge in [-0.05, 0) is 71.6 Å². The lowest BCUT2D eigenvalue weighted by Crippen LogP contribution is -2.26. The zero-order chi connectivity index (χ0) is 28.6. The van der Waals surface area contributed by atoms with Crippen LogP contribution in [-0.4, -0.2) is 28.8 Å². The van der Waals surface area contributed by atoms with Gasteiger partial charge < -0.3 is 24.3 Å². The average Bonchev–Trinajstić information content (AvgIpc) is 3.36. The molecule has 0 spiro atoms. The molecule has 0 saturated heterocycles. The van der Waals surface area contributed by atoms with Gasteiger partial charge in [0.2, 0.25) is 5.89 Å². The quantitative estimate of drug-likeness (QED) is 0.188. The van der Waals surface area contributed by atoms with Gasteiger partial charge in [0, 0.05) is 24.9 Å². The summed E-state index contributed by atoms with van der Waals surface area (Å²) < 4.78 is 17.3. The molecular formula is C33H30N2O6. The summed E-state index contributed by atoms with van der Waals surface area (Å²) in [6, 6.07) is 28.4. The molecule has 0 atom stereocenters.